The third kappa shape index (κ3) is 8.85. The zero-order chi connectivity index (χ0) is 27.3. The molecule has 3 aromatic carbocycles. The molecule has 0 saturated carbocycles. The molecule has 1 aliphatic heterocycles. The molecule has 0 bridgehead atoms. The maximum atomic E-state index is 12.3. The molecular weight excluding hydrogens is 494 g/mol. The van der Waals surface area contributed by atoms with Crippen molar-refractivity contribution in [3.05, 3.63) is 120 Å². The van der Waals surface area contributed by atoms with Crippen molar-refractivity contribution in [1.82, 2.24) is 5.32 Å². The third-order valence-electron chi connectivity index (χ3n) is 6.36. The minimum Gasteiger partial charge on any atom is -0.374 e. The number of amides is 1. The minimum atomic E-state index is -0.783. The van der Waals surface area contributed by atoms with Gasteiger partial charge in [-0.15, -0.1) is 6.58 Å². The van der Waals surface area contributed by atoms with Crippen LogP contribution in [-0.2, 0) is 48.3 Å². The monoisotopic (exact) mass is 531 g/mol. The maximum Gasteiger partial charge on any atom is 0.217 e. The molecule has 1 N–H and O–H groups in total. The zero-order valence-corrected chi connectivity index (χ0v) is 22.3. The number of hydrogen-bond acceptors (Lipinski definition) is 6. The van der Waals surface area contributed by atoms with E-state index in [0.717, 1.165) is 16.7 Å². The maximum absolute atomic E-state index is 12.3. The lowest BCUT2D eigenvalue weighted by molar-refractivity contribution is -0.288. The van der Waals surface area contributed by atoms with Crippen LogP contribution < -0.4 is 5.32 Å². The average molecular weight is 532 g/mol. The summed E-state index contributed by atoms with van der Waals surface area (Å²) in [7, 11) is 0. The Balaban J connectivity index is 1.59. The molecule has 1 heterocycles. The molecule has 1 unspecified atom stereocenters. The van der Waals surface area contributed by atoms with E-state index in [2.05, 4.69) is 11.9 Å². The van der Waals surface area contributed by atoms with Crippen molar-refractivity contribution >= 4 is 5.91 Å². The molecule has 0 spiro atoms. The second kappa shape index (κ2) is 15.3. The highest BCUT2D eigenvalue weighted by Gasteiger charge is 2.48. The molecule has 7 nitrogen and oxygen atoms in total. The van der Waals surface area contributed by atoms with Gasteiger partial charge in [0, 0.05) is 6.92 Å². The number of benzene rings is 3. The van der Waals surface area contributed by atoms with E-state index in [-0.39, 0.29) is 19.1 Å². The Kier molecular flexibility index (Phi) is 11.3. The number of carbonyl (C=O) groups is 1. The van der Waals surface area contributed by atoms with Gasteiger partial charge in [0.25, 0.3) is 0 Å². The lowest BCUT2D eigenvalue weighted by Crippen LogP contribution is -2.66. The normalized spacial score (nSPS) is 22.7. The van der Waals surface area contributed by atoms with Gasteiger partial charge in [-0.2, -0.15) is 0 Å². The first-order chi connectivity index (χ1) is 19.1. The van der Waals surface area contributed by atoms with E-state index in [1.54, 1.807) is 6.08 Å². The SMILES string of the molecule is C=CCOC1O[C@H](COCc2ccccc2)[C@@H](OCc2ccccc2)[C@H](OCc2ccccc2)[C@H]1NC(C)=O. The van der Waals surface area contributed by atoms with Crippen LogP contribution in [0.4, 0.5) is 0 Å². The first kappa shape index (κ1) is 28.7. The van der Waals surface area contributed by atoms with Gasteiger partial charge in [0.2, 0.25) is 5.91 Å². The van der Waals surface area contributed by atoms with Gasteiger partial charge in [0.1, 0.15) is 24.4 Å². The molecule has 0 radical (unpaired) electrons. The summed E-state index contributed by atoms with van der Waals surface area (Å²) in [5, 5.41) is 2.99. The fraction of sp³-hybridized carbons (Fsp3) is 0.344. The topological polar surface area (TPSA) is 75.2 Å². The van der Waals surface area contributed by atoms with Gasteiger partial charge in [-0.1, -0.05) is 97.1 Å². The Morgan fingerprint density at radius 1 is 0.795 bits per heavy atom. The van der Waals surface area contributed by atoms with Crippen LogP contribution in [0.3, 0.4) is 0 Å². The summed E-state index contributed by atoms with van der Waals surface area (Å²) in [6.45, 7) is 6.83. The number of rotatable bonds is 14. The molecule has 0 aromatic heterocycles. The van der Waals surface area contributed by atoms with Crippen molar-refractivity contribution in [3.8, 4) is 0 Å². The average Bonchev–Trinajstić information content (AvgIpc) is 2.96. The number of ether oxygens (including phenoxy) is 5. The van der Waals surface area contributed by atoms with E-state index in [4.69, 9.17) is 23.7 Å². The molecule has 39 heavy (non-hydrogen) atoms. The molecule has 5 atom stereocenters. The largest absolute Gasteiger partial charge is 0.374 e. The van der Waals surface area contributed by atoms with Crippen LogP contribution in [0.1, 0.15) is 23.6 Å². The number of nitrogens with one attached hydrogen (secondary N) is 1. The zero-order valence-electron chi connectivity index (χ0n) is 22.3. The van der Waals surface area contributed by atoms with E-state index in [0.29, 0.717) is 19.8 Å². The van der Waals surface area contributed by atoms with E-state index < -0.39 is 30.6 Å². The third-order valence-corrected chi connectivity index (χ3v) is 6.36. The van der Waals surface area contributed by atoms with E-state index in [1.807, 2.05) is 91.0 Å². The van der Waals surface area contributed by atoms with Crippen LogP contribution in [0, 0.1) is 0 Å². The Bertz CT molecular complexity index is 1130. The van der Waals surface area contributed by atoms with Crippen LogP contribution in [-0.4, -0.2) is 49.8 Å². The van der Waals surface area contributed by atoms with Gasteiger partial charge in [-0.05, 0) is 16.7 Å². The highest BCUT2D eigenvalue weighted by molar-refractivity contribution is 5.73. The molecule has 3 aromatic rings. The lowest BCUT2D eigenvalue weighted by atomic mass is 9.95. The van der Waals surface area contributed by atoms with Crippen LogP contribution in [0.2, 0.25) is 0 Å². The summed E-state index contributed by atoms with van der Waals surface area (Å²) < 4.78 is 31.5. The summed E-state index contributed by atoms with van der Waals surface area (Å²) in [5.41, 5.74) is 3.08. The molecule has 1 fully saturated rings. The number of hydrogen-bond donors (Lipinski definition) is 1. The van der Waals surface area contributed by atoms with Gasteiger partial charge in [0.05, 0.1) is 33.0 Å². The summed E-state index contributed by atoms with van der Waals surface area (Å²) in [6, 6.07) is 29.2. The summed E-state index contributed by atoms with van der Waals surface area (Å²) in [6.07, 6.45) is -0.781. The fourth-order valence-corrected chi connectivity index (χ4v) is 4.53. The van der Waals surface area contributed by atoms with Crippen LogP contribution in [0.5, 0.6) is 0 Å². The molecule has 0 aliphatic carbocycles. The van der Waals surface area contributed by atoms with E-state index >= 15 is 0 Å². The van der Waals surface area contributed by atoms with Crippen molar-refractivity contribution in [1.29, 1.82) is 0 Å². The van der Waals surface area contributed by atoms with Gasteiger partial charge in [-0.3, -0.25) is 4.79 Å². The van der Waals surface area contributed by atoms with Crippen molar-refractivity contribution < 1.29 is 28.5 Å². The van der Waals surface area contributed by atoms with Crippen LogP contribution in [0.25, 0.3) is 0 Å². The summed E-state index contributed by atoms with van der Waals surface area (Å²) in [5.74, 6) is -0.218. The predicted octanol–water partition coefficient (Wildman–Crippen LogP) is 4.81. The molecule has 1 amide bonds. The van der Waals surface area contributed by atoms with Crippen molar-refractivity contribution in [3.63, 3.8) is 0 Å². The molecular formula is C32H37NO6. The van der Waals surface area contributed by atoms with Gasteiger partial charge in [-0.25, -0.2) is 0 Å². The van der Waals surface area contributed by atoms with Gasteiger partial charge < -0.3 is 29.0 Å². The summed E-state index contributed by atoms with van der Waals surface area (Å²) >= 11 is 0. The summed E-state index contributed by atoms with van der Waals surface area (Å²) in [4.78, 5) is 12.3. The van der Waals surface area contributed by atoms with Crippen molar-refractivity contribution in [2.45, 2.75) is 57.4 Å². The Morgan fingerprint density at radius 2 is 1.31 bits per heavy atom. The second-order valence-electron chi connectivity index (χ2n) is 9.41. The van der Waals surface area contributed by atoms with Crippen molar-refractivity contribution in [2.24, 2.45) is 0 Å². The molecule has 1 aliphatic rings. The molecule has 1 saturated heterocycles. The van der Waals surface area contributed by atoms with Crippen LogP contribution in [0.15, 0.2) is 104 Å². The Hall–Kier alpha value is -3.33. The van der Waals surface area contributed by atoms with Gasteiger partial charge in [0.15, 0.2) is 6.29 Å². The molecule has 206 valence electrons. The smallest absolute Gasteiger partial charge is 0.217 e. The van der Waals surface area contributed by atoms with Crippen LogP contribution >= 0.6 is 0 Å². The number of carbonyl (C=O) groups excluding carboxylic acids is 1. The Morgan fingerprint density at radius 3 is 1.82 bits per heavy atom. The highest BCUT2D eigenvalue weighted by atomic mass is 16.7. The quantitative estimate of drug-likeness (QED) is 0.301. The first-order valence-electron chi connectivity index (χ1n) is 13.2. The van der Waals surface area contributed by atoms with Crippen molar-refractivity contribution in [2.75, 3.05) is 13.2 Å². The van der Waals surface area contributed by atoms with Gasteiger partial charge >= 0.3 is 0 Å². The van der Waals surface area contributed by atoms with E-state index in [9.17, 15) is 4.79 Å². The predicted molar refractivity (Wildman–Crippen MR) is 149 cm³/mol. The fourth-order valence-electron chi connectivity index (χ4n) is 4.53. The minimum absolute atomic E-state index is 0.218. The molecule has 4 rings (SSSR count). The second-order valence-corrected chi connectivity index (χ2v) is 9.41. The lowest BCUT2D eigenvalue weighted by Gasteiger charge is -2.46. The Labute approximate surface area is 230 Å². The van der Waals surface area contributed by atoms with E-state index in [1.165, 1.54) is 6.92 Å². The standard InChI is InChI=1S/C32H37NO6/c1-3-19-36-32-29(33-24(2)34)31(38-22-27-17-11-6-12-18-27)30(37-21-26-15-9-5-10-16-26)28(39-32)23-35-20-25-13-7-4-8-14-25/h3-18,28-32H,1,19-23H2,2H3,(H,33,34)/t28-,29-,30-,31-,32?/m1/s1. The highest BCUT2D eigenvalue weighted by Crippen LogP contribution is 2.29. The first-order valence-corrected chi connectivity index (χ1v) is 13.2. The molecule has 7 heteroatoms.